The number of nitrogens with one attached hydrogen (secondary N) is 2. The number of hydrogen-bond donors (Lipinski definition) is 2. The van der Waals surface area contributed by atoms with Gasteiger partial charge in [-0.1, -0.05) is 54.1 Å². The van der Waals surface area contributed by atoms with Gasteiger partial charge in [0.15, 0.2) is 5.96 Å². The summed E-state index contributed by atoms with van der Waals surface area (Å²) in [6.07, 6.45) is 1.64. The zero-order valence-corrected chi connectivity index (χ0v) is 16.9. The fraction of sp³-hybridized carbons (Fsp3) is 0.391. The smallest absolute Gasteiger partial charge is 0.222 e. The summed E-state index contributed by atoms with van der Waals surface area (Å²) in [4.78, 5) is 18.6. The molecule has 3 rings (SSSR count). The Labute approximate surface area is 167 Å². The van der Waals surface area contributed by atoms with Crippen LogP contribution in [0.4, 0.5) is 0 Å². The molecule has 0 spiro atoms. The van der Waals surface area contributed by atoms with E-state index in [1.54, 1.807) is 0 Å². The van der Waals surface area contributed by atoms with Crippen LogP contribution in [0.1, 0.15) is 42.0 Å². The molecule has 1 fully saturated rings. The van der Waals surface area contributed by atoms with E-state index < -0.39 is 0 Å². The molecule has 2 N–H and O–H groups in total. The third-order valence-corrected chi connectivity index (χ3v) is 4.98. The zero-order chi connectivity index (χ0) is 19.8. The van der Waals surface area contributed by atoms with Crippen molar-refractivity contribution < 1.29 is 4.79 Å². The Bertz CT molecular complexity index is 814. The van der Waals surface area contributed by atoms with E-state index in [1.165, 1.54) is 22.3 Å². The fourth-order valence-corrected chi connectivity index (χ4v) is 3.35. The van der Waals surface area contributed by atoms with Crippen LogP contribution in [0, 0.1) is 6.92 Å². The summed E-state index contributed by atoms with van der Waals surface area (Å²) in [7, 11) is 0. The van der Waals surface area contributed by atoms with Crippen LogP contribution in [0.3, 0.4) is 0 Å². The molecule has 0 radical (unpaired) electrons. The maximum atomic E-state index is 12.0. The second kappa shape index (κ2) is 9.93. The lowest BCUT2D eigenvalue weighted by Crippen LogP contribution is -2.37. The predicted octanol–water partition coefficient (Wildman–Crippen LogP) is 3.37. The van der Waals surface area contributed by atoms with E-state index in [0.29, 0.717) is 26.1 Å². The number of aryl methyl sites for hydroxylation is 1. The summed E-state index contributed by atoms with van der Waals surface area (Å²) in [5.41, 5.74) is 4.84. The van der Waals surface area contributed by atoms with Crippen molar-refractivity contribution in [3.05, 3.63) is 70.8 Å². The molecular formula is C23H30N4O. The number of benzene rings is 2. The molecule has 0 aliphatic carbocycles. The van der Waals surface area contributed by atoms with Crippen molar-refractivity contribution in [2.75, 3.05) is 13.1 Å². The number of carbonyl (C=O) groups is 1. The number of nitrogens with zero attached hydrogens (tertiary/aromatic N) is 2. The molecule has 148 valence electrons. The molecule has 5 nitrogen and oxygen atoms in total. The number of rotatable bonds is 7. The van der Waals surface area contributed by atoms with Crippen LogP contribution in [0.2, 0.25) is 0 Å². The van der Waals surface area contributed by atoms with Gasteiger partial charge in [-0.2, -0.15) is 0 Å². The van der Waals surface area contributed by atoms with Crippen LogP contribution in [-0.2, 0) is 24.4 Å². The highest BCUT2D eigenvalue weighted by Gasteiger charge is 2.20. The van der Waals surface area contributed by atoms with Crippen LogP contribution in [0.15, 0.2) is 53.5 Å². The van der Waals surface area contributed by atoms with Gasteiger partial charge in [0.1, 0.15) is 0 Å². The molecule has 2 aromatic carbocycles. The molecule has 1 heterocycles. The number of amides is 1. The largest absolute Gasteiger partial charge is 0.357 e. The third-order valence-electron chi connectivity index (χ3n) is 4.98. The lowest BCUT2D eigenvalue weighted by atomic mass is 10.1. The fourth-order valence-electron chi connectivity index (χ4n) is 3.35. The van der Waals surface area contributed by atoms with Gasteiger partial charge in [-0.3, -0.25) is 4.79 Å². The van der Waals surface area contributed by atoms with Gasteiger partial charge in [0.2, 0.25) is 5.91 Å². The van der Waals surface area contributed by atoms with E-state index in [4.69, 9.17) is 4.99 Å². The normalized spacial score (nSPS) is 14.4. The first-order valence-corrected chi connectivity index (χ1v) is 10.1. The van der Waals surface area contributed by atoms with Gasteiger partial charge in [0.05, 0.1) is 6.54 Å². The third kappa shape index (κ3) is 5.59. The van der Waals surface area contributed by atoms with E-state index in [2.05, 4.69) is 60.9 Å². The van der Waals surface area contributed by atoms with E-state index in [9.17, 15) is 4.79 Å². The average Bonchev–Trinajstić information content (AvgIpc) is 3.11. The minimum absolute atomic E-state index is 0.260. The maximum absolute atomic E-state index is 12.0. The Morgan fingerprint density at radius 3 is 2.50 bits per heavy atom. The summed E-state index contributed by atoms with van der Waals surface area (Å²) < 4.78 is 0. The molecule has 0 bridgehead atoms. The molecular weight excluding hydrogens is 348 g/mol. The van der Waals surface area contributed by atoms with Crippen LogP contribution < -0.4 is 10.6 Å². The van der Waals surface area contributed by atoms with Crippen LogP contribution in [0.25, 0.3) is 0 Å². The van der Waals surface area contributed by atoms with E-state index in [-0.39, 0.29) is 5.91 Å². The van der Waals surface area contributed by atoms with Gasteiger partial charge < -0.3 is 15.5 Å². The number of aliphatic imine (C=N–C) groups is 1. The summed E-state index contributed by atoms with van der Waals surface area (Å²) in [5.74, 6) is 1.06. The molecule has 1 aliphatic heterocycles. The van der Waals surface area contributed by atoms with E-state index in [1.807, 2.05) is 17.0 Å². The molecule has 0 atom stereocenters. The SMILES string of the molecule is CCNC(=NCc1ccc(C)cc1)NCc1ccccc1CN1CCCC1=O. The molecule has 28 heavy (non-hydrogen) atoms. The standard InChI is InChI=1S/C23H30N4O/c1-3-24-23(25-15-19-12-10-18(2)11-13-19)26-16-20-7-4-5-8-21(20)17-27-14-6-9-22(27)28/h4-5,7-8,10-13H,3,6,9,14-17H2,1-2H3,(H2,24,25,26). The topological polar surface area (TPSA) is 56.7 Å². The first kappa shape index (κ1) is 19.9. The summed E-state index contributed by atoms with van der Waals surface area (Å²) >= 11 is 0. The lowest BCUT2D eigenvalue weighted by molar-refractivity contribution is -0.128. The van der Waals surface area contributed by atoms with Crippen molar-refractivity contribution in [2.24, 2.45) is 4.99 Å². The molecule has 1 aliphatic rings. The Hall–Kier alpha value is -2.82. The van der Waals surface area contributed by atoms with Gasteiger partial charge in [-0.25, -0.2) is 4.99 Å². The molecule has 0 unspecified atom stereocenters. The highest BCUT2D eigenvalue weighted by atomic mass is 16.2. The predicted molar refractivity (Wildman–Crippen MR) is 114 cm³/mol. The number of guanidine groups is 1. The molecule has 2 aromatic rings. The van der Waals surface area contributed by atoms with Gasteiger partial charge in [0, 0.05) is 32.6 Å². The zero-order valence-electron chi connectivity index (χ0n) is 16.9. The Kier molecular flexibility index (Phi) is 7.06. The van der Waals surface area contributed by atoms with Crippen molar-refractivity contribution >= 4 is 11.9 Å². The van der Waals surface area contributed by atoms with Crippen molar-refractivity contribution in [2.45, 2.75) is 46.3 Å². The van der Waals surface area contributed by atoms with Crippen LogP contribution >= 0.6 is 0 Å². The monoisotopic (exact) mass is 378 g/mol. The van der Waals surface area contributed by atoms with Crippen molar-refractivity contribution in [3.8, 4) is 0 Å². The average molecular weight is 379 g/mol. The van der Waals surface area contributed by atoms with Gasteiger partial charge in [-0.15, -0.1) is 0 Å². The summed E-state index contributed by atoms with van der Waals surface area (Å²) in [5, 5.41) is 6.74. The Balaban J connectivity index is 1.63. The maximum Gasteiger partial charge on any atom is 0.222 e. The molecule has 1 saturated heterocycles. The minimum atomic E-state index is 0.260. The Morgan fingerprint density at radius 2 is 1.82 bits per heavy atom. The second-order valence-corrected chi connectivity index (χ2v) is 7.22. The molecule has 0 saturated carbocycles. The highest BCUT2D eigenvalue weighted by Crippen LogP contribution is 2.17. The Morgan fingerprint density at radius 1 is 1.07 bits per heavy atom. The second-order valence-electron chi connectivity index (χ2n) is 7.22. The number of carbonyl (C=O) groups excluding carboxylic acids is 1. The van der Waals surface area contributed by atoms with E-state index in [0.717, 1.165) is 25.5 Å². The highest BCUT2D eigenvalue weighted by molar-refractivity contribution is 5.80. The van der Waals surface area contributed by atoms with E-state index >= 15 is 0 Å². The van der Waals surface area contributed by atoms with Crippen molar-refractivity contribution in [3.63, 3.8) is 0 Å². The quantitative estimate of drug-likeness (QED) is 0.574. The number of likely N-dealkylation sites (tertiary alicyclic amines) is 1. The van der Waals surface area contributed by atoms with Gasteiger partial charge in [-0.05, 0) is 37.0 Å². The van der Waals surface area contributed by atoms with Crippen LogP contribution in [0.5, 0.6) is 0 Å². The number of hydrogen-bond acceptors (Lipinski definition) is 2. The summed E-state index contributed by atoms with van der Waals surface area (Å²) in [6.45, 7) is 7.83. The first-order chi connectivity index (χ1) is 13.7. The molecule has 5 heteroatoms. The first-order valence-electron chi connectivity index (χ1n) is 10.1. The lowest BCUT2D eigenvalue weighted by Gasteiger charge is -2.19. The molecule has 1 amide bonds. The molecule has 0 aromatic heterocycles. The minimum Gasteiger partial charge on any atom is -0.357 e. The van der Waals surface area contributed by atoms with Gasteiger partial charge in [0.25, 0.3) is 0 Å². The van der Waals surface area contributed by atoms with Gasteiger partial charge >= 0.3 is 0 Å². The van der Waals surface area contributed by atoms with Crippen LogP contribution in [-0.4, -0.2) is 29.9 Å². The summed E-state index contributed by atoms with van der Waals surface area (Å²) in [6, 6.07) is 16.8. The van der Waals surface area contributed by atoms with Crippen molar-refractivity contribution in [1.82, 2.24) is 15.5 Å². The van der Waals surface area contributed by atoms with Crippen molar-refractivity contribution in [1.29, 1.82) is 0 Å².